The van der Waals surface area contributed by atoms with Gasteiger partial charge < -0.3 is 4.74 Å². The number of hydrogen-bond donors (Lipinski definition) is 1. The minimum atomic E-state index is -3.39. The molecule has 0 bridgehead atoms. The third kappa shape index (κ3) is 5.21. The van der Waals surface area contributed by atoms with Crippen LogP contribution in [0.1, 0.15) is 12.8 Å². The highest BCUT2D eigenvalue weighted by Gasteiger charge is 2.11. The van der Waals surface area contributed by atoms with Gasteiger partial charge in [-0.2, -0.15) is 0 Å². The fraction of sp³-hybridized carbons (Fsp3) is 0.250. The maximum Gasteiger partial charge on any atom is 0.240 e. The third-order valence-electron chi connectivity index (χ3n) is 2.93. The molecule has 2 aromatic rings. The second kappa shape index (κ2) is 7.81. The van der Waals surface area contributed by atoms with Crippen molar-refractivity contribution in [1.29, 1.82) is 0 Å². The summed E-state index contributed by atoms with van der Waals surface area (Å²) in [6, 6.07) is 18.0. The van der Waals surface area contributed by atoms with E-state index in [1.165, 1.54) is 0 Å². The highest BCUT2D eigenvalue weighted by Crippen LogP contribution is 2.09. The Morgan fingerprint density at radius 3 is 2.14 bits per heavy atom. The smallest absolute Gasteiger partial charge is 0.240 e. The molecule has 0 unspecified atom stereocenters. The van der Waals surface area contributed by atoms with Gasteiger partial charge in [0.1, 0.15) is 5.75 Å². The van der Waals surface area contributed by atoms with E-state index in [0.717, 1.165) is 18.6 Å². The van der Waals surface area contributed by atoms with Gasteiger partial charge in [0.05, 0.1) is 11.5 Å². The quantitative estimate of drug-likeness (QED) is 0.763. The van der Waals surface area contributed by atoms with Crippen molar-refractivity contribution in [2.75, 3.05) is 13.2 Å². The van der Waals surface area contributed by atoms with Crippen LogP contribution in [-0.4, -0.2) is 21.6 Å². The molecular weight excluding hydrogens is 286 g/mol. The van der Waals surface area contributed by atoms with E-state index in [4.69, 9.17) is 4.74 Å². The SMILES string of the molecule is O=S(=O)(NCCCCOc1ccccc1)c1ccccc1. The molecule has 21 heavy (non-hydrogen) atoms. The molecule has 0 aliphatic heterocycles. The van der Waals surface area contributed by atoms with Gasteiger partial charge in [-0.25, -0.2) is 13.1 Å². The van der Waals surface area contributed by atoms with Crippen LogP contribution in [-0.2, 0) is 10.0 Å². The second-order valence-electron chi connectivity index (χ2n) is 4.58. The maximum absolute atomic E-state index is 11.9. The molecule has 112 valence electrons. The summed E-state index contributed by atoms with van der Waals surface area (Å²) in [7, 11) is -3.39. The third-order valence-corrected chi connectivity index (χ3v) is 4.41. The Kier molecular flexibility index (Phi) is 5.78. The molecule has 5 heteroatoms. The Balaban J connectivity index is 1.66. The van der Waals surface area contributed by atoms with Crippen molar-refractivity contribution in [1.82, 2.24) is 4.72 Å². The van der Waals surface area contributed by atoms with Gasteiger partial charge in [0, 0.05) is 6.54 Å². The number of sulfonamides is 1. The minimum Gasteiger partial charge on any atom is -0.494 e. The molecule has 2 rings (SSSR count). The molecule has 0 atom stereocenters. The van der Waals surface area contributed by atoms with Crippen molar-refractivity contribution < 1.29 is 13.2 Å². The van der Waals surface area contributed by atoms with Crippen LogP contribution in [0.15, 0.2) is 65.6 Å². The highest BCUT2D eigenvalue weighted by molar-refractivity contribution is 7.89. The molecule has 0 aliphatic rings. The van der Waals surface area contributed by atoms with E-state index in [-0.39, 0.29) is 0 Å². The van der Waals surface area contributed by atoms with Crippen LogP contribution in [0.25, 0.3) is 0 Å². The summed E-state index contributed by atoms with van der Waals surface area (Å²) < 4.78 is 32.0. The van der Waals surface area contributed by atoms with E-state index >= 15 is 0 Å². The summed E-state index contributed by atoms with van der Waals surface area (Å²) in [6.07, 6.45) is 1.53. The lowest BCUT2D eigenvalue weighted by Gasteiger charge is -2.07. The van der Waals surface area contributed by atoms with Gasteiger partial charge in [-0.05, 0) is 37.1 Å². The lowest BCUT2D eigenvalue weighted by atomic mass is 10.3. The molecule has 2 aromatic carbocycles. The number of nitrogens with one attached hydrogen (secondary N) is 1. The second-order valence-corrected chi connectivity index (χ2v) is 6.35. The van der Waals surface area contributed by atoms with Crippen molar-refractivity contribution in [3.8, 4) is 5.75 Å². The number of rotatable bonds is 8. The van der Waals surface area contributed by atoms with Crippen LogP contribution in [0.4, 0.5) is 0 Å². The van der Waals surface area contributed by atoms with Crippen molar-refractivity contribution in [2.45, 2.75) is 17.7 Å². The fourth-order valence-electron chi connectivity index (χ4n) is 1.82. The highest BCUT2D eigenvalue weighted by atomic mass is 32.2. The minimum absolute atomic E-state index is 0.297. The van der Waals surface area contributed by atoms with Crippen LogP contribution >= 0.6 is 0 Å². The van der Waals surface area contributed by atoms with Crippen LogP contribution < -0.4 is 9.46 Å². The molecular formula is C16H19NO3S. The first-order valence-electron chi connectivity index (χ1n) is 6.91. The molecule has 4 nitrogen and oxygen atoms in total. The summed E-state index contributed by atoms with van der Waals surface area (Å²) in [5, 5.41) is 0. The van der Waals surface area contributed by atoms with Gasteiger partial charge >= 0.3 is 0 Å². The van der Waals surface area contributed by atoms with Crippen molar-refractivity contribution in [3.63, 3.8) is 0 Å². The molecule has 0 saturated carbocycles. The van der Waals surface area contributed by atoms with E-state index in [0.29, 0.717) is 18.0 Å². The number of hydrogen-bond acceptors (Lipinski definition) is 3. The first kappa shape index (κ1) is 15.5. The van der Waals surface area contributed by atoms with E-state index in [2.05, 4.69) is 4.72 Å². The Hall–Kier alpha value is -1.85. The molecule has 0 aromatic heterocycles. The fourth-order valence-corrected chi connectivity index (χ4v) is 2.92. The first-order valence-corrected chi connectivity index (χ1v) is 8.39. The van der Waals surface area contributed by atoms with Crippen LogP contribution in [0, 0.1) is 0 Å². The first-order chi connectivity index (χ1) is 10.2. The number of para-hydroxylation sites is 1. The largest absolute Gasteiger partial charge is 0.494 e. The van der Waals surface area contributed by atoms with Crippen LogP contribution in [0.5, 0.6) is 5.75 Å². The van der Waals surface area contributed by atoms with Gasteiger partial charge in [-0.15, -0.1) is 0 Å². The zero-order valence-electron chi connectivity index (χ0n) is 11.7. The molecule has 0 spiro atoms. The Morgan fingerprint density at radius 2 is 1.48 bits per heavy atom. The summed E-state index contributed by atoms with van der Waals surface area (Å²) in [5.41, 5.74) is 0. The normalized spacial score (nSPS) is 11.2. The average Bonchev–Trinajstić information content (AvgIpc) is 2.52. The number of ether oxygens (including phenoxy) is 1. The molecule has 1 N–H and O–H groups in total. The average molecular weight is 305 g/mol. The molecule has 0 aliphatic carbocycles. The molecule has 0 amide bonds. The summed E-state index contributed by atoms with van der Waals surface area (Å²) in [6.45, 7) is 0.993. The predicted octanol–water partition coefficient (Wildman–Crippen LogP) is 2.82. The summed E-state index contributed by atoms with van der Waals surface area (Å²) in [4.78, 5) is 0.297. The van der Waals surface area contributed by atoms with Crippen molar-refractivity contribution >= 4 is 10.0 Å². The van der Waals surface area contributed by atoms with Gasteiger partial charge in [0.15, 0.2) is 0 Å². The van der Waals surface area contributed by atoms with E-state index < -0.39 is 10.0 Å². The lowest BCUT2D eigenvalue weighted by molar-refractivity contribution is 0.307. The zero-order chi connectivity index (χ0) is 15.0. The Morgan fingerprint density at radius 1 is 0.857 bits per heavy atom. The van der Waals surface area contributed by atoms with E-state index in [1.54, 1.807) is 30.3 Å². The Bertz CT molecular complexity index is 627. The predicted molar refractivity (Wildman–Crippen MR) is 82.8 cm³/mol. The molecule has 0 radical (unpaired) electrons. The monoisotopic (exact) mass is 305 g/mol. The topological polar surface area (TPSA) is 55.4 Å². The lowest BCUT2D eigenvalue weighted by Crippen LogP contribution is -2.25. The van der Waals surface area contributed by atoms with Gasteiger partial charge in [-0.1, -0.05) is 36.4 Å². The van der Waals surface area contributed by atoms with E-state index in [1.807, 2.05) is 30.3 Å². The van der Waals surface area contributed by atoms with Crippen LogP contribution in [0.3, 0.4) is 0 Å². The number of benzene rings is 2. The summed E-state index contributed by atoms with van der Waals surface area (Å²) >= 11 is 0. The van der Waals surface area contributed by atoms with Gasteiger partial charge in [0.25, 0.3) is 0 Å². The Labute approximate surface area is 125 Å². The molecule has 0 heterocycles. The van der Waals surface area contributed by atoms with E-state index in [9.17, 15) is 8.42 Å². The van der Waals surface area contributed by atoms with Gasteiger partial charge in [-0.3, -0.25) is 0 Å². The summed E-state index contributed by atoms with van der Waals surface area (Å²) in [5.74, 6) is 0.836. The van der Waals surface area contributed by atoms with Crippen LogP contribution in [0.2, 0.25) is 0 Å². The maximum atomic E-state index is 11.9. The standard InChI is InChI=1S/C16H19NO3S/c18-21(19,16-11-5-2-6-12-16)17-13-7-8-14-20-15-9-3-1-4-10-15/h1-6,9-12,17H,7-8,13-14H2. The molecule has 0 saturated heterocycles. The van der Waals surface area contributed by atoms with Gasteiger partial charge in [0.2, 0.25) is 10.0 Å². The van der Waals surface area contributed by atoms with Crippen molar-refractivity contribution in [2.24, 2.45) is 0 Å². The van der Waals surface area contributed by atoms with Crippen molar-refractivity contribution in [3.05, 3.63) is 60.7 Å². The number of unbranched alkanes of at least 4 members (excludes halogenated alkanes) is 1. The molecule has 0 fully saturated rings. The zero-order valence-corrected chi connectivity index (χ0v) is 12.6.